The highest BCUT2D eigenvalue weighted by molar-refractivity contribution is 8.00. The van der Waals surface area contributed by atoms with Crippen molar-refractivity contribution < 1.29 is 14.7 Å². The summed E-state index contributed by atoms with van der Waals surface area (Å²) in [6.45, 7) is 2.22. The number of nitrogens with one attached hydrogen (secondary N) is 1. The molecule has 0 saturated carbocycles. The van der Waals surface area contributed by atoms with Gasteiger partial charge in [0.15, 0.2) is 5.69 Å². The molecule has 1 aromatic heterocycles. The number of amides is 1. The van der Waals surface area contributed by atoms with Gasteiger partial charge in [-0.25, -0.2) is 9.78 Å². The maximum Gasteiger partial charge on any atom is 0.355 e. The molecule has 5 nitrogen and oxygen atoms in total. The van der Waals surface area contributed by atoms with Gasteiger partial charge in [0.1, 0.15) is 5.01 Å². The number of benzene rings is 1. The number of thiazole rings is 1. The lowest BCUT2D eigenvalue weighted by molar-refractivity contribution is -0.120. The van der Waals surface area contributed by atoms with E-state index in [9.17, 15) is 9.59 Å². The lowest BCUT2D eigenvalue weighted by Crippen LogP contribution is -2.31. The van der Waals surface area contributed by atoms with Crippen LogP contribution in [0.3, 0.4) is 0 Å². The molecule has 0 spiro atoms. The molecule has 0 fully saturated rings. The van der Waals surface area contributed by atoms with Crippen LogP contribution in [-0.2, 0) is 11.3 Å². The molecule has 2 rings (SSSR count). The van der Waals surface area contributed by atoms with E-state index < -0.39 is 5.97 Å². The van der Waals surface area contributed by atoms with Crippen LogP contribution < -0.4 is 5.32 Å². The van der Waals surface area contributed by atoms with E-state index >= 15 is 0 Å². The van der Waals surface area contributed by atoms with Gasteiger partial charge in [-0.1, -0.05) is 25.1 Å². The van der Waals surface area contributed by atoms with E-state index in [-0.39, 0.29) is 23.4 Å². The Morgan fingerprint density at radius 2 is 2.09 bits per heavy atom. The molecule has 0 radical (unpaired) electrons. The molecule has 0 aliphatic rings. The molecule has 1 aromatic carbocycles. The predicted molar refractivity (Wildman–Crippen MR) is 87.3 cm³/mol. The zero-order chi connectivity index (χ0) is 15.9. The molecule has 0 aliphatic carbocycles. The molecule has 0 bridgehead atoms. The van der Waals surface area contributed by atoms with Crippen molar-refractivity contribution in [1.29, 1.82) is 0 Å². The van der Waals surface area contributed by atoms with Crippen LogP contribution >= 0.6 is 23.1 Å². The van der Waals surface area contributed by atoms with Crippen LogP contribution in [0, 0.1) is 0 Å². The molecule has 2 N–H and O–H groups in total. The van der Waals surface area contributed by atoms with Crippen LogP contribution in [0.5, 0.6) is 0 Å². The maximum atomic E-state index is 12.2. The van der Waals surface area contributed by atoms with Gasteiger partial charge >= 0.3 is 5.97 Å². The first kappa shape index (κ1) is 16.5. The van der Waals surface area contributed by atoms with Crippen molar-refractivity contribution >= 4 is 35.0 Å². The molecule has 1 amide bonds. The Morgan fingerprint density at radius 3 is 2.68 bits per heavy atom. The van der Waals surface area contributed by atoms with Gasteiger partial charge in [-0.2, -0.15) is 0 Å². The van der Waals surface area contributed by atoms with Gasteiger partial charge in [0.2, 0.25) is 5.91 Å². The maximum absolute atomic E-state index is 12.2. The van der Waals surface area contributed by atoms with Gasteiger partial charge in [-0.05, 0) is 18.6 Å². The summed E-state index contributed by atoms with van der Waals surface area (Å²) in [5.41, 5.74) is 0.0138. The number of thioether (sulfide) groups is 1. The zero-order valence-corrected chi connectivity index (χ0v) is 13.6. The first-order valence-corrected chi connectivity index (χ1v) is 8.53. The summed E-state index contributed by atoms with van der Waals surface area (Å²) in [7, 11) is 0. The second-order valence-corrected chi connectivity index (χ2v) is 6.70. The molecule has 1 unspecified atom stereocenters. The predicted octanol–water partition coefficient (Wildman–Crippen LogP) is 3.03. The summed E-state index contributed by atoms with van der Waals surface area (Å²) < 4.78 is 0. The normalized spacial score (nSPS) is 11.9. The Bertz CT molecular complexity index is 643. The molecule has 22 heavy (non-hydrogen) atoms. The summed E-state index contributed by atoms with van der Waals surface area (Å²) in [4.78, 5) is 28.0. The van der Waals surface area contributed by atoms with Gasteiger partial charge in [0, 0.05) is 10.3 Å². The standard InChI is InChI=1S/C15H16N2O3S2/c1-2-12(22-10-6-4-3-5-7-10)14(18)16-8-13-17-11(9-21-13)15(19)20/h3-7,9,12H,2,8H2,1H3,(H,16,18)(H,19,20). The third-order valence-corrected chi connectivity index (χ3v) is 5.09. The average molecular weight is 336 g/mol. The summed E-state index contributed by atoms with van der Waals surface area (Å²) in [6.07, 6.45) is 0.712. The van der Waals surface area contributed by atoms with E-state index in [1.165, 1.54) is 28.5 Å². The Kier molecular flexibility index (Phi) is 5.97. The monoisotopic (exact) mass is 336 g/mol. The number of aromatic nitrogens is 1. The van der Waals surface area contributed by atoms with Crippen LogP contribution in [0.1, 0.15) is 28.8 Å². The van der Waals surface area contributed by atoms with Crippen molar-refractivity contribution in [2.75, 3.05) is 0 Å². The largest absolute Gasteiger partial charge is 0.476 e. The molecule has 2 aromatic rings. The Hall–Kier alpha value is -1.86. The van der Waals surface area contributed by atoms with Crippen molar-refractivity contribution in [1.82, 2.24) is 10.3 Å². The van der Waals surface area contributed by atoms with E-state index in [0.717, 1.165) is 4.90 Å². The average Bonchev–Trinajstić information content (AvgIpc) is 3.00. The van der Waals surface area contributed by atoms with Gasteiger partial charge < -0.3 is 10.4 Å². The van der Waals surface area contributed by atoms with Crippen molar-refractivity contribution in [3.63, 3.8) is 0 Å². The SMILES string of the molecule is CCC(Sc1ccccc1)C(=O)NCc1nc(C(=O)O)cs1. The van der Waals surface area contributed by atoms with Gasteiger partial charge in [0.05, 0.1) is 11.8 Å². The highest BCUT2D eigenvalue weighted by Gasteiger charge is 2.18. The second-order valence-electron chi connectivity index (χ2n) is 4.48. The molecule has 0 saturated heterocycles. The van der Waals surface area contributed by atoms with Crippen molar-refractivity contribution in [3.8, 4) is 0 Å². The molecule has 1 atom stereocenters. The van der Waals surface area contributed by atoms with Gasteiger partial charge in [-0.15, -0.1) is 23.1 Å². The first-order valence-electron chi connectivity index (χ1n) is 6.77. The molecule has 7 heteroatoms. The topological polar surface area (TPSA) is 79.3 Å². The number of carbonyl (C=O) groups is 2. The van der Waals surface area contributed by atoms with Crippen LogP contribution in [0.2, 0.25) is 0 Å². The van der Waals surface area contributed by atoms with Gasteiger partial charge in [0.25, 0.3) is 0 Å². The molecular formula is C15H16N2O3S2. The van der Waals surface area contributed by atoms with E-state index in [4.69, 9.17) is 5.11 Å². The second kappa shape index (κ2) is 7.95. The van der Waals surface area contributed by atoms with Crippen LogP contribution in [0.15, 0.2) is 40.6 Å². The zero-order valence-electron chi connectivity index (χ0n) is 12.0. The van der Waals surface area contributed by atoms with Crippen molar-refractivity contribution in [2.45, 2.75) is 30.0 Å². The quantitative estimate of drug-likeness (QED) is 0.760. The van der Waals surface area contributed by atoms with E-state index in [2.05, 4.69) is 10.3 Å². The molecule has 0 aliphatic heterocycles. The number of rotatable bonds is 7. The number of carboxylic acids is 1. The Balaban J connectivity index is 1.90. The Labute approximate surface area is 136 Å². The Morgan fingerprint density at radius 1 is 1.36 bits per heavy atom. The first-order chi connectivity index (χ1) is 10.6. The highest BCUT2D eigenvalue weighted by atomic mass is 32.2. The summed E-state index contributed by atoms with van der Waals surface area (Å²) in [6, 6.07) is 9.76. The molecular weight excluding hydrogens is 320 g/mol. The number of nitrogens with zero attached hydrogens (tertiary/aromatic N) is 1. The minimum Gasteiger partial charge on any atom is -0.476 e. The number of aromatic carboxylic acids is 1. The minimum atomic E-state index is -1.06. The van der Waals surface area contributed by atoms with Gasteiger partial charge in [-0.3, -0.25) is 4.79 Å². The third kappa shape index (κ3) is 4.57. The summed E-state index contributed by atoms with van der Waals surface area (Å²) >= 11 is 2.75. The van der Waals surface area contributed by atoms with E-state index in [1.54, 1.807) is 0 Å². The number of hydrogen-bond acceptors (Lipinski definition) is 5. The van der Waals surface area contributed by atoms with E-state index in [0.29, 0.717) is 11.4 Å². The number of carboxylic acid groups (broad SMARTS) is 1. The van der Waals surface area contributed by atoms with Crippen molar-refractivity contribution in [3.05, 3.63) is 46.4 Å². The lowest BCUT2D eigenvalue weighted by atomic mass is 10.3. The van der Waals surface area contributed by atoms with Crippen LogP contribution in [-0.4, -0.2) is 27.2 Å². The number of hydrogen-bond donors (Lipinski definition) is 2. The van der Waals surface area contributed by atoms with E-state index in [1.807, 2.05) is 37.3 Å². The number of carbonyl (C=O) groups excluding carboxylic acids is 1. The third-order valence-electron chi connectivity index (χ3n) is 2.87. The smallest absolute Gasteiger partial charge is 0.355 e. The minimum absolute atomic E-state index is 0.0138. The fourth-order valence-electron chi connectivity index (χ4n) is 1.75. The van der Waals surface area contributed by atoms with Crippen LogP contribution in [0.4, 0.5) is 0 Å². The highest BCUT2D eigenvalue weighted by Crippen LogP contribution is 2.25. The fraction of sp³-hybridized carbons (Fsp3) is 0.267. The molecule has 116 valence electrons. The summed E-state index contributed by atoms with van der Waals surface area (Å²) in [5, 5.41) is 13.5. The lowest BCUT2D eigenvalue weighted by Gasteiger charge is -2.14. The molecule has 1 heterocycles. The van der Waals surface area contributed by atoms with Crippen LogP contribution in [0.25, 0.3) is 0 Å². The fourth-order valence-corrected chi connectivity index (χ4v) is 3.46. The summed E-state index contributed by atoms with van der Waals surface area (Å²) in [5.74, 6) is -1.12. The van der Waals surface area contributed by atoms with Crippen molar-refractivity contribution in [2.24, 2.45) is 0 Å².